The molecule has 2 rings (SSSR count). The van der Waals surface area contributed by atoms with Crippen LogP contribution in [0.1, 0.15) is 15.9 Å². The molecule has 0 atom stereocenters. The Kier molecular flexibility index (Phi) is 4.23. The van der Waals surface area contributed by atoms with Gasteiger partial charge in [0, 0.05) is 5.69 Å². The number of anilines is 1. The molecular weight excluding hydrogens is 270 g/mol. The first kappa shape index (κ1) is 14.6. The number of carboxylic acids is 1. The number of carboxylic acid groups (broad SMARTS) is 1. The second-order valence-electron chi connectivity index (χ2n) is 4.64. The van der Waals surface area contributed by atoms with Crippen molar-refractivity contribution < 1.29 is 19.8 Å². The van der Waals surface area contributed by atoms with Gasteiger partial charge in [-0.2, -0.15) is 0 Å². The Morgan fingerprint density at radius 1 is 1.10 bits per heavy atom. The van der Waals surface area contributed by atoms with E-state index in [-0.39, 0.29) is 11.3 Å². The number of benzene rings is 2. The minimum Gasteiger partial charge on any atom is -0.507 e. The fourth-order valence-electron chi connectivity index (χ4n) is 1.99. The van der Waals surface area contributed by atoms with Crippen LogP contribution in [-0.4, -0.2) is 28.6 Å². The number of nitrogens with zero attached hydrogens (tertiary/aromatic N) is 1. The van der Waals surface area contributed by atoms with E-state index in [1.165, 1.54) is 12.1 Å². The van der Waals surface area contributed by atoms with Crippen molar-refractivity contribution in [2.75, 3.05) is 11.4 Å². The van der Waals surface area contributed by atoms with Crippen molar-refractivity contribution in [1.29, 1.82) is 0 Å². The van der Waals surface area contributed by atoms with Crippen LogP contribution < -0.4 is 4.90 Å². The fourth-order valence-corrected chi connectivity index (χ4v) is 1.99. The zero-order valence-corrected chi connectivity index (χ0v) is 11.5. The number of carbonyl (C=O) groups is 2. The number of amides is 1. The SMILES string of the molecule is Cc1ccc(O)c(C(=O)N(CC(=O)O)c2ccccc2)c1. The number of hydrogen-bond acceptors (Lipinski definition) is 3. The van der Waals surface area contributed by atoms with Crippen molar-refractivity contribution in [1.82, 2.24) is 0 Å². The van der Waals surface area contributed by atoms with Gasteiger partial charge in [0.25, 0.3) is 5.91 Å². The van der Waals surface area contributed by atoms with E-state index < -0.39 is 18.4 Å². The van der Waals surface area contributed by atoms with E-state index in [2.05, 4.69) is 0 Å². The topological polar surface area (TPSA) is 77.8 Å². The highest BCUT2D eigenvalue weighted by Gasteiger charge is 2.22. The number of aromatic hydroxyl groups is 1. The number of hydrogen-bond donors (Lipinski definition) is 2. The number of para-hydroxylation sites is 1. The molecule has 5 heteroatoms. The molecule has 0 saturated heterocycles. The van der Waals surface area contributed by atoms with Crippen molar-refractivity contribution in [2.45, 2.75) is 6.92 Å². The normalized spacial score (nSPS) is 10.1. The van der Waals surface area contributed by atoms with Crippen LogP contribution in [0.25, 0.3) is 0 Å². The Balaban J connectivity index is 2.43. The first-order valence-electron chi connectivity index (χ1n) is 6.37. The average molecular weight is 285 g/mol. The van der Waals surface area contributed by atoms with Gasteiger partial charge in [-0.15, -0.1) is 0 Å². The van der Waals surface area contributed by atoms with Crippen LogP contribution in [0.3, 0.4) is 0 Å². The predicted octanol–water partition coefficient (Wildman–Crippen LogP) is 2.43. The molecule has 2 aromatic rings. The Hall–Kier alpha value is -2.82. The maximum absolute atomic E-state index is 12.6. The molecule has 0 saturated carbocycles. The van der Waals surface area contributed by atoms with Gasteiger partial charge in [0.15, 0.2) is 0 Å². The summed E-state index contributed by atoms with van der Waals surface area (Å²) in [6.07, 6.45) is 0. The van der Waals surface area contributed by atoms with Crippen LogP contribution >= 0.6 is 0 Å². The third-order valence-corrected chi connectivity index (χ3v) is 2.99. The van der Waals surface area contributed by atoms with Crippen LogP contribution in [0, 0.1) is 6.92 Å². The largest absolute Gasteiger partial charge is 0.507 e. The van der Waals surface area contributed by atoms with Crippen molar-refractivity contribution in [3.05, 3.63) is 59.7 Å². The summed E-state index contributed by atoms with van der Waals surface area (Å²) >= 11 is 0. The fraction of sp³-hybridized carbons (Fsp3) is 0.125. The molecule has 0 aliphatic heterocycles. The zero-order valence-electron chi connectivity index (χ0n) is 11.5. The zero-order chi connectivity index (χ0) is 15.4. The minimum absolute atomic E-state index is 0.0834. The van der Waals surface area contributed by atoms with Crippen LogP contribution in [0.5, 0.6) is 5.75 Å². The predicted molar refractivity (Wildman–Crippen MR) is 78.6 cm³/mol. The van der Waals surface area contributed by atoms with Gasteiger partial charge in [-0.25, -0.2) is 0 Å². The van der Waals surface area contributed by atoms with Gasteiger partial charge in [-0.05, 0) is 31.2 Å². The molecule has 0 radical (unpaired) electrons. The average Bonchev–Trinajstić information content (AvgIpc) is 2.47. The molecule has 5 nitrogen and oxygen atoms in total. The Labute approximate surface area is 122 Å². The van der Waals surface area contributed by atoms with Crippen LogP contribution in [0.2, 0.25) is 0 Å². The molecule has 0 bridgehead atoms. The van der Waals surface area contributed by atoms with Gasteiger partial charge in [0.05, 0.1) is 5.56 Å². The number of aliphatic carboxylic acids is 1. The van der Waals surface area contributed by atoms with Gasteiger partial charge in [-0.1, -0.05) is 29.8 Å². The van der Waals surface area contributed by atoms with Gasteiger partial charge < -0.3 is 10.2 Å². The van der Waals surface area contributed by atoms with Crippen LogP contribution in [-0.2, 0) is 4.79 Å². The summed E-state index contributed by atoms with van der Waals surface area (Å²) in [5.41, 5.74) is 1.35. The van der Waals surface area contributed by atoms with Crippen molar-refractivity contribution in [3.8, 4) is 5.75 Å². The number of phenols is 1. The third kappa shape index (κ3) is 3.39. The lowest BCUT2D eigenvalue weighted by Crippen LogP contribution is -2.35. The maximum Gasteiger partial charge on any atom is 0.323 e. The Morgan fingerprint density at radius 3 is 2.38 bits per heavy atom. The van der Waals surface area contributed by atoms with Crippen molar-refractivity contribution in [3.63, 3.8) is 0 Å². The van der Waals surface area contributed by atoms with Gasteiger partial charge in [0.1, 0.15) is 12.3 Å². The van der Waals surface area contributed by atoms with E-state index in [1.807, 2.05) is 0 Å². The molecule has 2 aromatic carbocycles. The summed E-state index contributed by atoms with van der Waals surface area (Å²) in [5, 5.41) is 18.8. The number of phenolic OH excluding ortho intramolecular Hbond substituents is 1. The smallest absolute Gasteiger partial charge is 0.323 e. The highest BCUT2D eigenvalue weighted by Crippen LogP contribution is 2.23. The summed E-state index contributed by atoms with van der Waals surface area (Å²) < 4.78 is 0. The van der Waals surface area contributed by atoms with Gasteiger partial charge in [0.2, 0.25) is 0 Å². The van der Waals surface area contributed by atoms with E-state index in [9.17, 15) is 14.7 Å². The number of aryl methyl sites for hydroxylation is 1. The van der Waals surface area contributed by atoms with Gasteiger partial charge >= 0.3 is 5.97 Å². The highest BCUT2D eigenvalue weighted by molar-refractivity contribution is 6.09. The number of carbonyl (C=O) groups excluding carboxylic acids is 1. The molecule has 21 heavy (non-hydrogen) atoms. The summed E-state index contributed by atoms with van der Waals surface area (Å²) in [5.74, 6) is -1.85. The molecular formula is C16H15NO4. The standard InChI is InChI=1S/C16H15NO4/c1-11-7-8-14(18)13(9-11)16(21)17(10-15(19)20)12-5-3-2-4-6-12/h2-9,18H,10H2,1H3,(H,19,20). The Morgan fingerprint density at radius 2 is 1.76 bits per heavy atom. The summed E-state index contributed by atoms with van der Waals surface area (Å²) in [7, 11) is 0. The van der Waals surface area contributed by atoms with Crippen LogP contribution in [0.15, 0.2) is 48.5 Å². The van der Waals surface area contributed by atoms with E-state index in [0.29, 0.717) is 5.69 Å². The van der Waals surface area contributed by atoms with E-state index >= 15 is 0 Å². The molecule has 0 fully saturated rings. The highest BCUT2D eigenvalue weighted by atomic mass is 16.4. The molecule has 0 aliphatic carbocycles. The molecule has 1 amide bonds. The van der Waals surface area contributed by atoms with Gasteiger partial charge in [-0.3, -0.25) is 14.5 Å². The van der Waals surface area contributed by atoms with E-state index in [0.717, 1.165) is 10.5 Å². The van der Waals surface area contributed by atoms with Crippen molar-refractivity contribution in [2.24, 2.45) is 0 Å². The molecule has 0 spiro atoms. The lowest BCUT2D eigenvalue weighted by Gasteiger charge is -2.21. The monoisotopic (exact) mass is 285 g/mol. The third-order valence-electron chi connectivity index (χ3n) is 2.99. The van der Waals surface area contributed by atoms with Crippen molar-refractivity contribution >= 4 is 17.6 Å². The summed E-state index contributed by atoms with van der Waals surface area (Å²) in [6, 6.07) is 13.1. The molecule has 0 heterocycles. The first-order chi connectivity index (χ1) is 9.99. The molecule has 0 aliphatic rings. The number of rotatable bonds is 4. The van der Waals surface area contributed by atoms with E-state index in [4.69, 9.17) is 5.11 Å². The minimum atomic E-state index is -1.13. The summed E-state index contributed by atoms with van der Waals surface area (Å²) in [4.78, 5) is 24.7. The van der Waals surface area contributed by atoms with E-state index in [1.54, 1.807) is 43.3 Å². The molecule has 2 N–H and O–H groups in total. The second-order valence-corrected chi connectivity index (χ2v) is 4.64. The molecule has 108 valence electrons. The lowest BCUT2D eigenvalue weighted by atomic mass is 10.1. The lowest BCUT2D eigenvalue weighted by molar-refractivity contribution is -0.135. The Bertz CT molecular complexity index is 667. The summed E-state index contributed by atoms with van der Waals surface area (Å²) in [6.45, 7) is 1.32. The maximum atomic E-state index is 12.6. The second kappa shape index (κ2) is 6.09. The van der Waals surface area contributed by atoms with Crippen LogP contribution in [0.4, 0.5) is 5.69 Å². The first-order valence-corrected chi connectivity index (χ1v) is 6.37. The quantitative estimate of drug-likeness (QED) is 0.904. The molecule has 0 unspecified atom stereocenters. The molecule has 0 aromatic heterocycles.